The van der Waals surface area contributed by atoms with E-state index in [0.717, 1.165) is 24.2 Å². The second kappa shape index (κ2) is 5.89. The van der Waals surface area contributed by atoms with E-state index in [2.05, 4.69) is 15.7 Å². The fourth-order valence-corrected chi connectivity index (χ4v) is 2.38. The van der Waals surface area contributed by atoms with Crippen LogP contribution in [0.5, 0.6) is 0 Å². The molecule has 0 bridgehead atoms. The first-order valence-corrected chi connectivity index (χ1v) is 6.69. The summed E-state index contributed by atoms with van der Waals surface area (Å²) < 4.78 is 1.82. The van der Waals surface area contributed by atoms with Crippen LogP contribution < -0.4 is 10.6 Å². The Bertz CT molecular complexity index is 388. The molecule has 5 heteroatoms. The monoisotopic (exact) mass is 250 g/mol. The van der Waals surface area contributed by atoms with Crippen molar-refractivity contribution in [3.8, 4) is 0 Å². The SMILES string of the molecule is Cc1cc(CNC(=O)NC2CCCCC2)nn1C. The van der Waals surface area contributed by atoms with E-state index in [1.807, 2.05) is 24.7 Å². The minimum atomic E-state index is -0.0785. The number of hydrogen-bond acceptors (Lipinski definition) is 2. The molecule has 1 saturated carbocycles. The largest absolute Gasteiger partial charge is 0.335 e. The molecule has 2 rings (SSSR count). The average Bonchev–Trinajstić information content (AvgIpc) is 2.68. The minimum Gasteiger partial charge on any atom is -0.335 e. The highest BCUT2D eigenvalue weighted by Crippen LogP contribution is 2.17. The van der Waals surface area contributed by atoms with E-state index in [4.69, 9.17) is 0 Å². The van der Waals surface area contributed by atoms with Gasteiger partial charge < -0.3 is 10.6 Å². The number of hydrogen-bond donors (Lipinski definition) is 2. The number of carbonyl (C=O) groups excluding carboxylic acids is 1. The predicted octanol–water partition coefficient (Wildman–Crippen LogP) is 1.86. The van der Waals surface area contributed by atoms with E-state index < -0.39 is 0 Å². The lowest BCUT2D eigenvalue weighted by Crippen LogP contribution is -2.42. The van der Waals surface area contributed by atoms with Gasteiger partial charge in [0, 0.05) is 18.8 Å². The van der Waals surface area contributed by atoms with Crippen molar-refractivity contribution in [3.05, 3.63) is 17.5 Å². The minimum absolute atomic E-state index is 0.0785. The summed E-state index contributed by atoms with van der Waals surface area (Å²) in [6, 6.07) is 2.26. The molecule has 1 aromatic rings. The van der Waals surface area contributed by atoms with E-state index in [9.17, 15) is 4.79 Å². The van der Waals surface area contributed by atoms with Gasteiger partial charge in [-0.05, 0) is 25.8 Å². The van der Waals surface area contributed by atoms with Crippen LogP contribution in [0.15, 0.2) is 6.07 Å². The molecule has 5 nitrogen and oxygen atoms in total. The number of aryl methyl sites for hydroxylation is 2. The van der Waals surface area contributed by atoms with E-state index in [-0.39, 0.29) is 6.03 Å². The smallest absolute Gasteiger partial charge is 0.315 e. The van der Waals surface area contributed by atoms with E-state index in [1.54, 1.807) is 0 Å². The predicted molar refractivity (Wildman–Crippen MR) is 70.2 cm³/mol. The van der Waals surface area contributed by atoms with E-state index in [0.29, 0.717) is 12.6 Å². The van der Waals surface area contributed by atoms with Crippen LogP contribution in [0, 0.1) is 6.92 Å². The summed E-state index contributed by atoms with van der Waals surface area (Å²) in [5, 5.41) is 10.2. The Hall–Kier alpha value is -1.52. The van der Waals surface area contributed by atoms with Crippen molar-refractivity contribution in [1.82, 2.24) is 20.4 Å². The molecule has 1 fully saturated rings. The molecule has 1 aliphatic carbocycles. The molecule has 18 heavy (non-hydrogen) atoms. The molecular formula is C13H22N4O. The van der Waals surface area contributed by atoms with Gasteiger partial charge in [0.05, 0.1) is 12.2 Å². The van der Waals surface area contributed by atoms with Crippen molar-refractivity contribution < 1.29 is 4.79 Å². The Labute approximate surface area is 108 Å². The van der Waals surface area contributed by atoms with Gasteiger partial charge in [-0.3, -0.25) is 4.68 Å². The molecule has 1 aromatic heterocycles. The summed E-state index contributed by atoms with van der Waals surface area (Å²) in [6.07, 6.45) is 5.97. The zero-order valence-corrected chi connectivity index (χ0v) is 11.2. The molecule has 1 aliphatic rings. The van der Waals surface area contributed by atoms with Crippen LogP contribution in [-0.2, 0) is 13.6 Å². The first-order chi connectivity index (χ1) is 8.65. The summed E-state index contributed by atoms with van der Waals surface area (Å²) in [6.45, 7) is 2.48. The highest BCUT2D eigenvalue weighted by molar-refractivity contribution is 5.74. The first-order valence-electron chi connectivity index (χ1n) is 6.69. The number of rotatable bonds is 3. The summed E-state index contributed by atoms with van der Waals surface area (Å²) >= 11 is 0. The maximum absolute atomic E-state index is 11.7. The van der Waals surface area contributed by atoms with Gasteiger partial charge in [0.2, 0.25) is 0 Å². The zero-order chi connectivity index (χ0) is 13.0. The molecule has 2 amide bonds. The summed E-state index contributed by atoms with van der Waals surface area (Å²) in [4.78, 5) is 11.7. The van der Waals surface area contributed by atoms with Crippen LogP contribution in [0.25, 0.3) is 0 Å². The van der Waals surface area contributed by atoms with Crippen molar-refractivity contribution in [2.75, 3.05) is 0 Å². The summed E-state index contributed by atoms with van der Waals surface area (Å²) in [5.41, 5.74) is 1.99. The highest BCUT2D eigenvalue weighted by Gasteiger charge is 2.15. The van der Waals surface area contributed by atoms with Crippen LogP contribution in [0.2, 0.25) is 0 Å². The van der Waals surface area contributed by atoms with Crippen molar-refractivity contribution in [3.63, 3.8) is 0 Å². The average molecular weight is 250 g/mol. The molecule has 0 saturated heterocycles. The molecule has 100 valence electrons. The van der Waals surface area contributed by atoms with Crippen molar-refractivity contribution in [2.45, 2.75) is 51.6 Å². The van der Waals surface area contributed by atoms with Gasteiger partial charge in [0.25, 0.3) is 0 Å². The van der Waals surface area contributed by atoms with Crippen LogP contribution in [0.1, 0.15) is 43.5 Å². The van der Waals surface area contributed by atoms with Crippen LogP contribution in [0.4, 0.5) is 4.79 Å². The van der Waals surface area contributed by atoms with E-state index in [1.165, 1.54) is 19.3 Å². The summed E-state index contributed by atoms with van der Waals surface area (Å²) in [7, 11) is 1.90. The van der Waals surface area contributed by atoms with Gasteiger partial charge in [-0.1, -0.05) is 19.3 Å². The molecule has 2 N–H and O–H groups in total. The topological polar surface area (TPSA) is 59.0 Å². The van der Waals surface area contributed by atoms with Crippen molar-refractivity contribution >= 4 is 6.03 Å². The highest BCUT2D eigenvalue weighted by atomic mass is 16.2. The maximum Gasteiger partial charge on any atom is 0.315 e. The molecule has 0 aliphatic heterocycles. The van der Waals surface area contributed by atoms with Gasteiger partial charge >= 0.3 is 6.03 Å². The number of amides is 2. The third-order valence-corrected chi connectivity index (χ3v) is 3.53. The van der Waals surface area contributed by atoms with Gasteiger partial charge in [0.1, 0.15) is 0 Å². The molecule has 0 spiro atoms. The Kier molecular flexibility index (Phi) is 4.23. The molecule has 0 atom stereocenters. The Morgan fingerprint density at radius 3 is 2.78 bits per heavy atom. The second-order valence-electron chi connectivity index (χ2n) is 5.06. The van der Waals surface area contributed by atoms with Crippen molar-refractivity contribution in [1.29, 1.82) is 0 Å². The second-order valence-corrected chi connectivity index (χ2v) is 5.06. The third kappa shape index (κ3) is 3.48. The normalized spacial score (nSPS) is 16.6. The maximum atomic E-state index is 11.7. The lowest BCUT2D eigenvalue weighted by molar-refractivity contribution is 0.232. The van der Waals surface area contributed by atoms with Crippen LogP contribution >= 0.6 is 0 Å². The summed E-state index contributed by atoms with van der Waals surface area (Å²) in [5.74, 6) is 0. The van der Waals surface area contributed by atoms with Gasteiger partial charge in [0.15, 0.2) is 0 Å². The van der Waals surface area contributed by atoms with Gasteiger partial charge in [-0.15, -0.1) is 0 Å². The fourth-order valence-electron chi connectivity index (χ4n) is 2.38. The molecule has 0 aromatic carbocycles. The molecular weight excluding hydrogens is 228 g/mol. The number of aromatic nitrogens is 2. The standard InChI is InChI=1S/C13H22N4O/c1-10-8-12(16-17(10)2)9-14-13(18)15-11-6-4-3-5-7-11/h8,11H,3-7,9H2,1-2H3,(H2,14,15,18). The fraction of sp³-hybridized carbons (Fsp3) is 0.692. The van der Waals surface area contributed by atoms with E-state index >= 15 is 0 Å². The van der Waals surface area contributed by atoms with Gasteiger partial charge in [-0.2, -0.15) is 5.10 Å². The third-order valence-electron chi connectivity index (χ3n) is 3.53. The lowest BCUT2D eigenvalue weighted by Gasteiger charge is -2.22. The Morgan fingerprint density at radius 1 is 1.44 bits per heavy atom. The number of carbonyl (C=O) groups is 1. The van der Waals surface area contributed by atoms with Crippen molar-refractivity contribution in [2.24, 2.45) is 7.05 Å². The lowest BCUT2D eigenvalue weighted by atomic mass is 9.96. The Balaban J connectivity index is 1.74. The first kappa shape index (κ1) is 12.9. The number of nitrogens with one attached hydrogen (secondary N) is 2. The Morgan fingerprint density at radius 2 is 2.17 bits per heavy atom. The van der Waals surface area contributed by atoms with Crippen LogP contribution in [-0.4, -0.2) is 21.9 Å². The number of nitrogens with zero attached hydrogens (tertiary/aromatic N) is 2. The quantitative estimate of drug-likeness (QED) is 0.860. The number of urea groups is 1. The van der Waals surface area contributed by atoms with Gasteiger partial charge in [-0.25, -0.2) is 4.79 Å². The molecule has 1 heterocycles. The van der Waals surface area contributed by atoms with Crippen LogP contribution in [0.3, 0.4) is 0 Å². The molecule has 0 radical (unpaired) electrons. The molecule has 0 unspecified atom stereocenters. The zero-order valence-electron chi connectivity index (χ0n) is 11.2.